The zero-order chi connectivity index (χ0) is 15.2. The highest BCUT2D eigenvalue weighted by atomic mass is 35.5. The number of rotatable bonds is 7. The molecule has 0 bridgehead atoms. The first kappa shape index (κ1) is 16.2. The van der Waals surface area contributed by atoms with Crippen LogP contribution in [0.5, 0.6) is 5.75 Å². The average Bonchev–Trinajstić information content (AvgIpc) is 2.42. The van der Waals surface area contributed by atoms with Crippen LogP contribution < -0.4 is 4.74 Å². The van der Waals surface area contributed by atoms with Gasteiger partial charge in [0.15, 0.2) is 0 Å². The van der Waals surface area contributed by atoms with E-state index in [1.54, 1.807) is 18.2 Å². The smallest absolute Gasteiger partial charge is 0.225 e. The van der Waals surface area contributed by atoms with Gasteiger partial charge < -0.3 is 9.64 Å². The van der Waals surface area contributed by atoms with Gasteiger partial charge in [0.2, 0.25) is 5.91 Å². The molecule has 1 aromatic rings. The molecule has 1 saturated heterocycles. The third kappa shape index (κ3) is 4.65. The van der Waals surface area contributed by atoms with Crippen molar-refractivity contribution in [3.63, 3.8) is 0 Å². The van der Waals surface area contributed by atoms with Gasteiger partial charge in [-0.15, -0.1) is 0 Å². The normalized spacial score (nSPS) is 18.1. The maximum absolute atomic E-state index is 11.6. The minimum atomic E-state index is 0.126. The van der Waals surface area contributed by atoms with Gasteiger partial charge in [0.1, 0.15) is 12.4 Å². The third-order valence-electron chi connectivity index (χ3n) is 3.37. The molecule has 1 aliphatic heterocycles. The van der Waals surface area contributed by atoms with Crippen molar-refractivity contribution in [2.45, 2.75) is 32.2 Å². The van der Waals surface area contributed by atoms with E-state index >= 15 is 0 Å². The van der Waals surface area contributed by atoms with Gasteiger partial charge in [-0.2, -0.15) is 0 Å². The molecule has 0 N–H and O–H groups in total. The molecule has 3 nitrogen and oxygen atoms in total. The summed E-state index contributed by atoms with van der Waals surface area (Å²) in [7, 11) is 0. The molecule has 0 aromatic heterocycles. The average molecular weight is 328 g/mol. The third-order valence-corrected chi connectivity index (χ3v) is 3.81. The molecule has 1 heterocycles. The van der Waals surface area contributed by atoms with Crippen molar-refractivity contribution in [1.82, 2.24) is 4.90 Å². The molecule has 114 valence electrons. The number of nitrogens with zero attached hydrogens (tertiary/aromatic N) is 1. The molecule has 0 radical (unpaired) electrons. The Morgan fingerprint density at radius 1 is 1.29 bits per heavy atom. The van der Waals surface area contributed by atoms with Gasteiger partial charge >= 0.3 is 0 Å². The highest BCUT2D eigenvalue weighted by molar-refractivity contribution is 6.34. The highest BCUT2D eigenvalue weighted by Gasteiger charge is 2.35. The van der Waals surface area contributed by atoms with Crippen LogP contribution in [-0.2, 0) is 4.79 Å². The second kappa shape index (κ2) is 7.71. The summed E-state index contributed by atoms with van der Waals surface area (Å²) in [6.07, 6.45) is 6.86. The molecule has 1 aromatic carbocycles. The van der Waals surface area contributed by atoms with Crippen LogP contribution in [0, 0.1) is 0 Å². The van der Waals surface area contributed by atoms with Crippen LogP contribution in [0.1, 0.15) is 26.2 Å². The number of carbonyl (C=O) groups excluding carboxylic acids is 1. The molecule has 5 heteroatoms. The van der Waals surface area contributed by atoms with Crippen molar-refractivity contribution in [1.29, 1.82) is 0 Å². The summed E-state index contributed by atoms with van der Waals surface area (Å²) in [5, 5.41) is 1.09. The number of ether oxygens (including phenoxy) is 1. The fraction of sp³-hybridized carbons (Fsp3) is 0.438. The maximum atomic E-state index is 11.6. The monoisotopic (exact) mass is 327 g/mol. The Bertz CT molecular complexity index is 511. The molecular formula is C16H19Cl2NO2. The number of halogens is 2. The van der Waals surface area contributed by atoms with Crippen molar-refractivity contribution in [2.24, 2.45) is 0 Å². The van der Waals surface area contributed by atoms with Gasteiger partial charge in [-0.3, -0.25) is 4.79 Å². The van der Waals surface area contributed by atoms with Gasteiger partial charge in [-0.1, -0.05) is 48.7 Å². The second-order valence-corrected chi connectivity index (χ2v) is 5.95. The van der Waals surface area contributed by atoms with Crippen molar-refractivity contribution < 1.29 is 9.53 Å². The predicted octanol–water partition coefficient (Wildman–Crippen LogP) is 4.33. The molecule has 21 heavy (non-hydrogen) atoms. The van der Waals surface area contributed by atoms with E-state index in [2.05, 4.69) is 13.0 Å². The zero-order valence-electron chi connectivity index (χ0n) is 12.0. The molecule has 0 saturated carbocycles. The molecule has 1 aliphatic rings. The molecule has 0 aliphatic carbocycles. The number of benzene rings is 1. The van der Waals surface area contributed by atoms with Crippen molar-refractivity contribution in [3.05, 3.63) is 40.4 Å². The lowest BCUT2D eigenvalue weighted by Gasteiger charge is -2.39. The first-order valence-electron chi connectivity index (χ1n) is 7.13. The van der Waals surface area contributed by atoms with Gasteiger partial charge in [0.25, 0.3) is 0 Å². The maximum Gasteiger partial charge on any atom is 0.225 e. The quantitative estimate of drug-likeness (QED) is 0.551. The standard InChI is InChI=1S/C16H19Cl2NO2/c1-2-3-4-5-6-19-14(10-16(19)20)11-21-15-8-12(17)7-13(18)9-15/h4-5,7-9,14H,2-3,6,10-11H2,1H3/t14-/m1/s1. The van der Waals surface area contributed by atoms with Crippen molar-refractivity contribution in [3.8, 4) is 5.75 Å². The number of hydrogen-bond acceptors (Lipinski definition) is 2. The van der Waals surface area contributed by atoms with E-state index in [1.165, 1.54) is 0 Å². The van der Waals surface area contributed by atoms with E-state index in [0.717, 1.165) is 12.8 Å². The Hall–Kier alpha value is -1.19. The lowest BCUT2D eigenvalue weighted by atomic mass is 10.0. The van der Waals surface area contributed by atoms with Crippen LogP contribution in [0.3, 0.4) is 0 Å². The number of unbranched alkanes of at least 4 members (excludes halogenated alkanes) is 1. The first-order valence-corrected chi connectivity index (χ1v) is 7.89. The van der Waals surface area contributed by atoms with E-state index in [9.17, 15) is 4.79 Å². The van der Waals surface area contributed by atoms with Gasteiger partial charge in [-0.25, -0.2) is 0 Å². The fourth-order valence-electron chi connectivity index (χ4n) is 2.20. The molecular weight excluding hydrogens is 309 g/mol. The minimum Gasteiger partial charge on any atom is -0.491 e. The molecule has 1 fully saturated rings. The SMILES string of the molecule is CCCC=CCN1C(=O)C[C@@H]1COc1cc(Cl)cc(Cl)c1. The van der Waals surface area contributed by atoms with Gasteiger partial charge in [-0.05, 0) is 24.6 Å². The summed E-state index contributed by atoms with van der Waals surface area (Å²) >= 11 is 11.9. The van der Waals surface area contributed by atoms with E-state index in [-0.39, 0.29) is 11.9 Å². The van der Waals surface area contributed by atoms with Crippen molar-refractivity contribution >= 4 is 29.1 Å². The van der Waals surface area contributed by atoms with Gasteiger partial charge in [0.05, 0.1) is 12.5 Å². The van der Waals surface area contributed by atoms with Crippen LogP contribution >= 0.6 is 23.2 Å². The summed E-state index contributed by atoms with van der Waals surface area (Å²) in [5.74, 6) is 0.808. The molecule has 2 rings (SSSR count). The highest BCUT2D eigenvalue weighted by Crippen LogP contribution is 2.26. The zero-order valence-corrected chi connectivity index (χ0v) is 13.5. The van der Waals surface area contributed by atoms with Crippen LogP contribution in [0.15, 0.2) is 30.4 Å². The summed E-state index contributed by atoms with van der Waals surface area (Å²) in [6.45, 7) is 3.25. The first-order chi connectivity index (χ1) is 10.1. The Balaban J connectivity index is 1.83. The minimum absolute atomic E-state index is 0.126. The summed E-state index contributed by atoms with van der Waals surface area (Å²) in [6, 6.07) is 5.23. The van der Waals surface area contributed by atoms with Crippen LogP contribution in [-0.4, -0.2) is 30.0 Å². The second-order valence-electron chi connectivity index (χ2n) is 5.08. The van der Waals surface area contributed by atoms with Crippen LogP contribution in [0.4, 0.5) is 0 Å². The Kier molecular flexibility index (Phi) is 5.95. The summed E-state index contributed by atoms with van der Waals surface area (Å²) < 4.78 is 5.69. The lowest BCUT2D eigenvalue weighted by molar-refractivity contribution is -0.146. The number of allylic oxidation sites excluding steroid dienone is 1. The molecule has 0 spiro atoms. The van der Waals surface area contributed by atoms with E-state index < -0.39 is 0 Å². The Morgan fingerprint density at radius 3 is 2.62 bits per heavy atom. The fourth-order valence-corrected chi connectivity index (χ4v) is 2.70. The summed E-state index contributed by atoms with van der Waals surface area (Å²) in [4.78, 5) is 13.5. The predicted molar refractivity (Wildman–Crippen MR) is 86.1 cm³/mol. The topological polar surface area (TPSA) is 29.5 Å². The van der Waals surface area contributed by atoms with Crippen LogP contribution in [0.25, 0.3) is 0 Å². The number of carbonyl (C=O) groups is 1. The van der Waals surface area contributed by atoms with Crippen molar-refractivity contribution in [2.75, 3.05) is 13.2 Å². The number of hydrogen-bond donors (Lipinski definition) is 0. The number of amides is 1. The Morgan fingerprint density at radius 2 is 2.00 bits per heavy atom. The van der Waals surface area contributed by atoms with E-state index in [4.69, 9.17) is 27.9 Å². The molecule has 1 amide bonds. The molecule has 1 atom stereocenters. The van der Waals surface area contributed by atoms with Gasteiger partial charge in [0, 0.05) is 16.6 Å². The largest absolute Gasteiger partial charge is 0.491 e. The lowest BCUT2D eigenvalue weighted by Crippen LogP contribution is -2.55. The van der Waals surface area contributed by atoms with E-state index in [0.29, 0.717) is 35.4 Å². The van der Waals surface area contributed by atoms with Crippen LogP contribution in [0.2, 0.25) is 10.0 Å². The number of likely N-dealkylation sites (tertiary alicyclic amines) is 1. The number of β-lactam (4-membered cyclic amide) rings is 1. The Labute approximate surface area is 135 Å². The molecule has 0 unspecified atom stereocenters. The summed E-state index contributed by atoms with van der Waals surface area (Å²) in [5.41, 5.74) is 0. The van der Waals surface area contributed by atoms with E-state index in [1.807, 2.05) is 11.0 Å².